The summed E-state index contributed by atoms with van der Waals surface area (Å²) in [5.74, 6) is 2.98. The van der Waals surface area contributed by atoms with Crippen LogP contribution in [0.15, 0.2) is 30.5 Å². The molecule has 0 unspecified atom stereocenters. The van der Waals surface area contributed by atoms with Gasteiger partial charge in [0.15, 0.2) is 11.5 Å². The monoisotopic (exact) mass is 300 g/mol. The van der Waals surface area contributed by atoms with Gasteiger partial charge in [-0.3, -0.25) is 0 Å². The maximum Gasteiger partial charge on any atom is 0.231 e. The molecular formula is C16H20N4O2. The van der Waals surface area contributed by atoms with Crippen LogP contribution in [0.3, 0.4) is 0 Å². The van der Waals surface area contributed by atoms with Gasteiger partial charge in [-0.25, -0.2) is 4.98 Å². The maximum atomic E-state index is 5.37. The first kappa shape index (κ1) is 14.4. The molecule has 1 aromatic carbocycles. The highest BCUT2D eigenvalue weighted by molar-refractivity contribution is 5.61. The number of benzene rings is 1. The molecule has 116 valence electrons. The minimum atomic E-state index is 0.271. The van der Waals surface area contributed by atoms with E-state index in [0.29, 0.717) is 5.95 Å². The van der Waals surface area contributed by atoms with Crippen LogP contribution in [-0.4, -0.2) is 30.4 Å². The Morgan fingerprint density at radius 2 is 2.09 bits per heavy atom. The highest BCUT2D eigenvalue weighted by atomic mass is 16.7. The largest absolute Gasteiger partial charge is 0.454 e. The van der Waals surface area contributed by atoms with Gasteiger partial charge in [-0.1, -0.05) is 13.3 Å². The van der Waals surface area contributed by atoms with Gasteiger partial charge in [0.25, 0.3) is 0 Å². The van der Waals surface area contributed by atoms with Gasteiger partial charge in [0, 0.05) is 31.5 Å². The van der Waals surface area contributed by atoms with Crippen LogP contribution < -0.4 is 19.7 Å². The zero-order valence-corrected chi connectivity index (χ0v) is 12.9. The number of ether oxygens (including phenoxy) is 2. The predicted molar refractivity (Wildman–Crippen MR) is 86.1 cm³/mol. The highest BCUT2D eigenvalue weighted by Crippen LogP contribution is 2.34. The molecule has 0 fully saturated rings. The zero-order chi connectivity index (χ0) is 15.4. The van der Waals surface area contributed by atoms with E-state index in [1.165, 1.54) is 0 Å². The topological polar surface area (TPSA) is 59.5 Å². The van der Waals surface area contributed by atoms with Crippen molar-refractivity contribution < 1.29 is 9.47 Å². The average Bonchev–Trinajstić information content (AvgIpc) is 3.00. The number of rotatable bonds is 6. The van der Waals surface area contributed by atoms with Gasteiger partial charge in [0.1, 0.15) is 5.82 Å². The Labute approximate surface area is 130 Å². The first-order valence-electron chi connectivity index (χ1n) is 7.47. The Hall–Kier alpha value is -2.50. The standard InChI is InChI=1S/C16H20N4O2/c1-3-4-9-20(2)15-7-8-17-16(19-15)18-12-5-6-13-14(10-12)22-11-21-13/h5-8,10H,3-4,9,11H2,1-2H3,(H,17,18,19). The molecule has 0 spiro atoms. The Morgan fingerprint density at radius 3 is 2.95 bits per heavy atom. The first-order chi connectivity index (χ1) is 10.8. The second-order valence-corrected chi connectivity index (χ2v) is 5.21. The van der Waals surface area contributed by atoms with E-state index in [2.05, 4.69) is 27.1 Å². The average molecular weight is 300 g/mol. The third-order valence-corrected chi connectivity index (χ3v) is 3.51. The molecule has 2 aromatic rings. The first-order valence-corrected chi connectivity index (χ1v) is 7.47. The second-order valence-electron chi connectivity index (χ2n) is 5.21. The quantitative estimate of drug-likeness (QED) is 0.884. The molecule has 3 rings (SSSR count). The smallest absolute Gasteiger partial charge is 0.231 e. The summed E-state index contributed by atoms with van der Waals surface area (Å²) in [5.41, 5.74) is 0.873. The number of hydrogen-bond acceptors (Lipinski definition) is 6. The molecule has 1 aliphatic heterocycles. The van der Waals surface area contributed by atoms with Crippen molar-refractivity contribution >= 4 is 17.5 Å². The summed E-state index contributed by atoms with van der Waals surface area (Å²) in [5, 5.41) is 3.20. The lowest BCUT2D eigenvalue weighted by atomic mass is 10.3. The van der Waals surface area contributed by atoms with Crippen molar-refractivity contribution in [3.8, 4) is 11.5 Å². The molecule has 0 atom stereocenters. The van der Waals surface area contributed by atoms with Crippen LogP contribution in [-0.2, 0) is 0 Å². The molecule has 1 aromatic heterocycles. The van der Waals surface area contributed by atoms with E-state index in [-0.39, 0.29) is 6.79 Å². The molecule has 0 bridgehead atoms. The van der Waals surface area contributed by atoms with Crippen LogP contribution >= 0.6 is 0 Å². The van der Waals surface area contributed by atoms with Crippen LogP contribution in [0.1, 0.15) is 19.8 Å². The Morgan fingerprint density at radius 1 is 1.23 bits per heavy atom. The van der Waals surface area contributed by atoms with Crippen molar-refractivity contribution in [1.82, 2.24) is 9.97 Å². The number of aromatic nitrogens is 2. The molecule has 6 heteroatoms. The Bertz CT molecular complexity index is 648. The summed E-state index contributed by atoms with van der Waals surface area (Å²) in [6.07, 6.45) is 4.07. The predicted octanol–water partition coefficient (Wildman–Crippen LogP) is 3.19. The van der Waals surface area contributed by atoms with E-state index < -0.39 is 0 Å². The fourth-order valence-corrected chi connectivity index (χ4v) is 2.24. The number of nitrogens with zero attached hydrogens (tertiary/aromatic N) is 3. The van der Waals surface area contributed by atoms with Crippen molar-refractivity contribution in [3.05, 3.63) is 30.5 Å². The Kier molecular flexibility index (Phi) is 4.27. The van der Waals surface area contributed by atoms with E-state index in [4.69, 9.17) is 9.47 Å². The Balaban J connectivity index is 1.72. The molecule has 0 saturated heterocycles. The summed E-state index contributed by atoms with van der Waals surface area (Å²) in [4.78, 5) is 11.0. The number of hydrogen-bond donors (Lipinski definition) is 1. The molecule has 2 heterocycles. The second kappa shape index (κ2) is 6.51. The van der Waals surface area contributed by atoms with E-state index in [1.807, 2.05) is 31.3 Å². The lowest BCUT2D eigenvalue weighted by molar-refractivity contribution is 0.174. The van der Waals surface area contributed by atoms with Crippen LogP contribution in [0.2, 0.25) is 0 Å². The third-order valence-electron chi connectivity index (χ3n) is 3.51. The molecule has 6 nitrogen and oxygen atoms in total. The molecule has 22 heavy (non-hydrogen) atoms. The highest BCUT2D eigenvalue weighted by Gasteiger charge is 2.13. The van der Waals surface area contributed by atoms with Gasteiger partial charge < -0.3 is 19.7 Å². The van der Waals surface area contributed by atoms with Gasteiger partial charge in [0.2, 0.25) is 12.7 Å². The summed E-state index contributed by atoms with van der Waals surface area (Å²) >= 11 is 0. The number of fused-ring (bicyclic) bond motifs is 1. The van der Waals surface area contributed by atoms with Crippen LogP contribution in [0, 0.1) is 0 Å². The van der Waals surface area contributed by atoms with Gasteiger partial charge >= 0.3 is 0 Å². The minimum Gasteiger partial charge on any atom is -0.454 e. The van der Waals surface area contributed by atoms with Crippen molar-refractivity contribution in [2.24, 2.45) is 0 Å². The molecule has 0 aliphatic carbocycles. The van der Waals surface area contributed by atoms with Crippen LogP contribution in [0.4, 0.5) is 17.5 Å². The van der Waals surface area contributed by atoms with Crippen molar-refractivity contribution in [3.63, 3.8) is 0 Å². The number of anilines is 3. The third kappa shape index (κ3) is 3.21. The van der Waals surface area contributed by atoms with Crippen molar-refractivity contribution in [1.29, 1.82) is 0 Å². The van der Waals surface area contributed by atoms with Gasteiger partial charge in [-0.15, -0.1) is 0 Å². The van der Waals surface area contributed by atoms with Gasteiger partial charge in [0.05, 0.1) is 0 Å². The van der Waals surface area contributed by atoms with Crippen molar-refractivity contribution in [2.75, 3.05) is 30.6 Å². The summed E-state index contributed by atoms with van der Waals surface area (Å²) in [6.45, 7) is 3.43. The fraction of sp³-hybridized carbons (Fsp3) is 0.375. The van der Waals surface area contributed by atoms with Crippen LogP contribution in [0.25, 0.3) is 0 Å². The normalized spacial score (nSPS) is 12.3. The van der Waals surface area contributed by atoms with Gasteiger partial charge in [-0.05, 0) is 24.6 Å². The number of nitrogens with one attached hydrogen (secondary N) is 1. The van der Waals surface area contributed by atoms with E-state index >= 15 is 0 Å². The molecule has 0 saturated carbocycles. The lowest BCUT2D eigenvalue weighted by Crippen LogP contribution is -2.19. The molecule has 0 amide bonds. The van der Waals surface area contributed by atoms with Gasteiger partial charge in [-0.2, -0.15) is 4.98 Å². The molecule has 1 N–H and O–H groups in total. The SMILES string of the molecule is CCCCN(C)c1ccnc(Nc2ccc3c(c2)OCO3)n1. The maximum absolute atomic E-state index is 5.37. The summed E-state index contributed by atoms with van der Waals surface area (Å²) < 4.78 is 10.7. The molecular weight excluding hydrogens is 280 g/mol. The zero-order valence-electron chi connectivity index (χ0n) is 12.9. The molecule has 0 radical (unpaired) electrons. The van der Waals surface area contributed by atoms with Crippen LogP contribution in [0.5, 0.6) is 11.5 Å². The number of unbranched alkanes of at least 4 members (excludes halogenated alkanes) is 1. The molecule has 1 aliphatic rings. The fourth-order valence-electron chi connectivity index (χ4n) is 2.24. The van der Waals surface area contributed by atoms with E-state index in [1.54, 1.807) is 6.20 Å². The lowest BCUT2D eigenvalue weighted by Gasteiger charge is -2.18. The van der Waals surface area contributed by atoms with E-state index in [9.17, 15) is 0 Å². The minimum absolute atomic E-state index is 0.271. The summed E-state index contributed by atoms with van der Waals surface area (Å²) in [7, 11) is 2.04. The summed E-state index contributed by atoms with van der Waals surface area (Å²) in [6, 6.07) is 7.60. The van der Waals surface area contributed by atoms with Crippen molar-refractivity contribution in [2.45, 2.75) is 19.8 Å². The van der Waals surface area contributed by atoms with E-state index in [0.717, 1.165) is 42.4 Å².